The molecule has 0 saturated carbocycles. The van der Waals surface area contributed by atoms with Crippen molar-refractivity contribution in [3.63, 3.8) is 0 Å². The van der Waals surface area contributed by atoms with E-state index in [9.17, 15) is 8.42 Å². The maximum absolute atomic E-state index is 13.7. The van der Waals surface area contributed by atoms with E-state index in [1.165, 1.54) is 5.56 Å². The van der Waals surface area contributed by atoms with Gasteiger partial charge in [0.05, 0.1) is 31.8 Å². The quantitative estimate of drug-likeness (QED) is 0.561. The highest BCUT2D eigenvalue weighted by Crippen LogP contribution is 2.32. The summed E-state index contributed by atoms with van der Waals surface area (Å²) in [5.74, 6) is 0. The predicted octanol–water partition coefficient (Wildman–Crippen LogP) is 2.81. The van der Waals surface area contributed by atoms with Gasteiger partial charge in [0.15, 0.2) is 0 Å². The Morgan fingerprint density at radius 2 is 1.76 bits per heavy atom. The summed E-state index contributed by atoms with van der Waals surface area (Å²) in [4.78, 5) is 9.76. The first-order chi connectivity index (χ1) is 16.6. The predicted molar refractivity (Wildman–Crippen MR) is 131 cm³/mol. The van der Waals surface area contributed by atoms with E-state index in [1.807, 2.05) is 30.5 Å². The molecule has 0 bridgehead atoms. The van der Waals surface area contributed by atoms with Gasteiger partial charge >= 0.3 is 0 Å². The normalized spacial score (nSPS) is 20.1. The number of rotatable bonds is 7. The molecule has 34 heavy (non-hydrogen) atoms. The molecule has 0 aliphatic carbocycles. The fourth-order valence-electron chi connectivity index (χ4n) is 4.82. The summed E-state index contributed by atoms with van der Waals surface area (Å²) in [6, 6.07) is 18.5. The number of anilines is 1. The van der Waals surface area contributed by atoms with Gasteiger partial charge in [-0.2, -0.15) is 17.0 Å². The van der Waals surface area contributed by atoms with Gasteiger partial charge in [0.2, 0.25) is 0 Å². The van der Waals surface area contributed by atoms with E-state index in [0.717, 1.165) is 29.8 Å². The maximum atomic E-state index is 13.7. The molecular formula is C25H31N5O3S. The van der Waals surface area contributed by atoms with Gasteiger partial charge in [-0.05, 0) is 30.0 Å². The van der Waals surface area contributed by atoms with Crippen molar-refractivity contribution in [1.82, 2.24) is 18.6 Å². The monoisotopic (exact) mass is 481 g/mol. The summed E-state index contributed by atoms with van der Waals surface area (Å²) >= 11 is 0. The van der Waals surface area contributed by atoms with Gasteiger partial charge in [-0.25, -0.2) is 4.98 Å². The lowest BCUT2D eigenvalue weighted by molar-refractivity contribution is 0.0699. The van der Waals surface area contributed by atoms with Crippen molar-refractivity contribution in [2.45, 2.75) is 32.0 Å². The van der Waals surface area contributed by atoms with Crippen molar-refractivity contribution < 1.29 is 13.2 Å². The van der Waals surface area contributed by atoms with Crippen LogP contribution in [0.25, 0.3) is 0 Å². The number of nitrogens with one attached hydrogen (secondary N) is 1. The van der Waals surface area contributed by atoms with Crippen molar-refractivity contribution in [2.24, 2.45) is 0 Å². The molecule has 1 saturated heterocycles. The van der Waals surface area contributed by atoms with E-state index in [4.69, 9.17) is 4.74 Å². The van der Waals surface area contributed by atoms with Gasteiger partial charge in [-0.15, -0.1) is 0 Å². The van der Waals surface area contributed by atoms with Crippen LogP contribution in [-0.2, 0) is 34.5 Å². The Labute approximate surface area is 201 Å². The van der Waals surface area contributed by atoms with Gasteiger partial charge in [-0.1, -0.05) is 48.5 Å². The Morgan fingerprint density at radius 3 is 2.53 bits per heavy atom. The molecule has 2 aliphatic heterocycles. The molecule has 0 unspecified atom stereocenters. The third-order valence-corrected chi connectivity index (χ3v) is 8.58. The van der Waals surface area contributed by atoms with Gasteiger partial charge in [0, 0.05) is 44.1 Å². The van der Waals surface area contributed by atoms with Gasteiger partial charge < -0.3 is 14.6 Å². The first kappa shape index (κ1) is 23.0. The Morgan fingerprint density at radius 1 is 1.00 bits per heavy atom. The molecule has 0 amide bonds. The van der Waals surface area contributed by atoms with Crippen molar-refractivity contribution in [3.8, 4) is 0 Å². The van der Waals surface area contributed by atoms with E-state index in [0.29, 0.717) is 45.9 Å². The Balaban J connectivity index is 1.49. The smallest absolute Gasteiger partial charge is 0.282 e. The topological polar surface area (TPSA) is 81.8 Å². The number of imidazole rings is 1. The molecular weight excluding hydrogens is 450 g/mol. The Hall–Kier alpha value is -2.72. The summed E-state index contributed by atoms with van der Waals surface area (Å²) in [6.45, 7) is 3.09. The lowest BCUT2D eigenvalue weighted by Crippen LogP contribution is -2.51. The van der Waals surface area contributed by atoms with E-state index < -0.39 is 10.2 Å². The SMILES string of the molecule is O=S(=O)(N1CCOCC1)N1Cc2ccccc2N(Cc2cnc[nH]2)[C@@H](CCc2ccccc2)C1. The third-order valence-electron chi connectivity index (χ3n) is 6.63. The van der Waals surface area contributed by atoms with Crippen molar-refractivity contribution in [2.75, 3.05) is 37.7 Å². The summed E-state index contributed by atoms with van der Waals surface area (Å²) in [7, 11) is -3.61. The highest BCUT2D eigenvalue weighted by atomic mass is 32.2. The number of aromatic amines is 1. The van der Waals surface area contributed by atoms with Gasteiger partial charge in [0.25, 0.3) is 10.2 Å². The van der Waals surface area contributed by atoms with Crippen LogP contribution in [0.15, 0.2) is 67.1 Å². The van der Waals surface area contributed by atoms with Crippen LogP contribution in [-0.4, -0.2) is 65.9 Å². The first-order valence-electron chi connectivity index (χ1n) is 11.8. The fourth-order valence-corrected chi connectivity index (χ4v) is 6.42. The standard InChI is InChI=1S/C25H31N5O3S/c31-34(32,28-12-14-33-15-13-28)29-17-22-8-4-5-9-25(22)30(18-23-16-26-20-27-23)24(19-29)11-10-21-6-2-1-3-7-21/h1-9,16,20,24H,10-15,17-19H2,(H,26,27)/t24-/m0/s1. The minimum atomic E-state index is -3.61. The number of para-hydroxylation sites is 1. The molecule has 5 rings (SSSR count). The van der Waals surface area contributed by atoms with Crippen LogP contribution in [0, 0.1) is 0 Å². The molecule has 2 aliphatic rings. The summed E-state index contributed by atoms with van der Waals surface area (Å²) < 4.78 is 36.1. The minimum Gasteiger partial charge on any atom is -0.379 e. The first-order valence-corrected chi connectivity index (χ1v) is 13.2. The molecule has 3 aromatic rings. The molecule has 180 valence electrons. The molecule has 2 aromatic carbocycles. The highest BCUT2D eigenvalue weighted by Gasteiger charge is 2.37. The fraction of sp³-hybridized carbons (Fsp3) is 0.400. The molecule has 3 heterocycles. The number of aromatic nitrogens is 2. The number of ether oxygens (including phenoxy) is 1. The van der Waals surface area contributed by atoms with Crippen molar-refractivity contribution in [3.05, 3.63) is 83.9 Å². The van der Waals surface area contributed by atoms with Crippen LogP contribution >= 0.6 is 0 Å². The second-order valence-electron chi connectivity index (χ2n) is 8.82. The number of aryl methyl sites for hydroxylation is 1. The maximum Gasteiger partial charge on any atom is 0.282 e. The number of fused-ring (bicyclic) bond motifs is 1. The zero-order valence-corrected chi connectivity index (χ0v) is 20.0. The molecule has 1 atom stereocenters. The molecule has 1 fully saturated rings. The zero-order chi connectivity index (χ0) is 23.4. The van der Waals surface area contributed by atoms with Crippen LogP contribution < -0.4 is 4.90 Å². The minimum absolute atomic E-state index is 0.00275. The summed E-state index contributed by atoms with van der Waals surface area (Å²) in [5, 5.41) is 0. The zero-order valence-electron chi connectivity index (χ0n) is 19.2. The molecule has 8 nitrogen and oxygen atoms in total. The van der Waals surface area contributed by atoms with Crippen molar-refractivity contribution in [1.29, 1.82) is 0 Å². The number of hydrogen-bond donors (Lipinski definition) is 1. The second-order valence-corrected chi connectivity index (χ2v) is 10.8. The lowest BCUT2D eigenvalue weighted by Gasteiger charge is -2.35. The van der Waals surface area contributed by atoms with Crippen LogP contribution in [0.3, 0.4) is 0 Å². The lowest BCUT2D eigenvalue weighted by atomic mass is 10.0. The third kappa shape index (κ3) is 5.02. The highest BCUT2D eigenvalue weighted by molar-refractivity contribution is 7.86. The Bertz CT molecular complexity index is 1160. The molecule has 0 spiro atoms. The van der Waals surface area contributed by atoms with Crippen LogP contribution in [0.2, 0.25) is 0 Å². The number of nitrogens with zero attached hydrogens (tertiary/aromatic N) is 4. The summed E-state index contributed by atoms with van der Waals surface area (Å²) in [5.41, 5.74) is 4.35. The number of benzene rings is 2. The number of hydrogen-bond acceptors (Lipinski definition) is 5. The Kier molecular flexibility index (Phi) is 6.96. The average Bonchev–Trinajstić information content (AvgIpc) is 3.33. The van der Waals surface area contributed by atoms with Gasteiger partial charge in [-0.3, -0.25) is 0 Å². The molecule has 1 N–H and O–H groups in total. The van der Waals surface area contributed by atoms with Gasteiger partial charge in [0.1, 0.15) is 0 Å². The van der Waals surface area contributed by atoms with Crippen LogP contribution in [0.1, 0.15) is 23.2 Å². The molecule has 1 aromatic heterocycles. The van der Waals surface area contributed by atoms with Crippen molar-refractivity contribution >= 4 is 15.9 Å². The largest absolute Gasteiger partial charge is 0.379 e. The molecule has 0 radical (unpaired) electrons. The number of H-pyrrole nitrogens is 1. The van der Waals surface area contributed by atoms with E-state index in [1.54, 1.807) is 14.9 Å². The van der Waals surface area contributed by atoms with E-state index >= 15 is 0 Å². The van der Waals surface area contributed by atoms with E-state index in [-0.39, 0.29) is 6.04 Å². The molecule has 9 heteroatoms. The number of morpholine rings is 1. The second kappa shape index (κ2) is 10.3. The van der Waals surface area contributed by atoms with Crippen LogP contribution in [0.4, 0.5) is 5.69 Å². The van der Waals surface area contributed by atoms with Crippen LogP contribution in [0.5, 0.6) is 0 Å². The summed E-state index contributed by atoms with van der Waals surface area (Å²) in [6.07, 6.45) is 5.23. The van der Waals surface area contributed by atoms with E-state index in [2.05, 4.69) is 45.2 Å². The average molecular weight is 482 g/mol.